The summed E-state index contributed by atoms with van der Waals surface area (Å²) in [5.74, 6) is -0.897. The molecule has 0 radical (unpaired) electrons. The molecule has 0 aliphatic rings. The van der Waals surface area contributed by atoms with Gasteiger partial charge in [-0.1, -0.05) is 20.8 Å². The first-order chi connectivity index (χ1) is 14.3. The summed E-state index contributed by atoms with van der Waals surface area (Å²) in [7, 11) is 0. The molecule has 2 aromatic rings. The van der Waals surface area contributed by atoms with Gasteiger partial charge in [0.2, 0.25) is 0 Å². The standard InChI is InChI=1S/C20H24F3N3O4S/c1-12(19(2,3)4)25-18(28)15-11-31-17(26-15)9-24-16(27)10-29-13-5-7-14(8-6-13)30-20(21,22)23/h5-8,11-12H,9-10H2,1-4H3,(H,24,27)(H,25,28)/t12-/m0/s1. The van der Waals surface area contributed by atoms with Crippen molar-refractivity contribution in [1.29, 1.82) is 0 Å². The summed E-state index contributed by atoms with van der Waals surface area (Å²) in [6.45, 7) is 7.77. The fraction of sp³-hybridized carbons (Fsp3) is 0.450. The molecule has 0 spiro atoms. The molecule has 2 amide bonds. The van der Waals surface area contributed by atoms with E-state index in [0.717, 1.165) is 12.1 Å². The van der Waals surface area contributed by atoms with Gasteiger partial charge in [0.25, 0.3) is 11.8 Å². The lowest BCUT2D eigenvalue weighted by Crippen LogP contribution is -2.41. The molecule has 2 N–H and O–H groups in total. The van der Waals surface area contributed by atoms with Crippen molar-refractivity contribution in [3.05, 3.63) is 40.3 Å². The summed E-state index contributed by atoms with van der Waals surface area (Å²) >= 11 is 1.24. The summed E-state index contributed by atoms with van der Waals surface area (Å²) in [6.07, 6.45) is -4.77. The van der Waals surface area contributed by atoms with Crippen LogP contribution in [0.1, 0.15) is 43.2 Å². The summed E-state index contributed by atoms with van der Waals surface area (Å²) in [6, 6.07) is 4.65. The Kier molecular flexibility index (Phi) is 7.88. The van der Waals surface area contributed by atoms with E-state index in [4.69, 9.17) is 4.74 Å². The molecular weight excluding hydrogens is 435 g/mol. The van der Waals surface area contributed by atoms with Crippen LogP contribution in [0.3, 0.4) is 0 Å². The van der Waals surface area contributed by atoms with Gasteiger partial charge in [0, 0.05) is 11.4 Å². The highest BCUT2D eigenvalue weighted by molar-refractivity contribution is 7.09. The second-order valence-corrected chi connectivity index (χ2v) is 8.71. The number of hydrogen-bond acceptors (Lipinski definition) is 6. The number of carbonyl (C=O) groups is 2. The molecule has 7 nitrogen and oxygen atoms in total. The molecule has 0 saturated heterocycles. The van der Waals surface area contributed by atoms with Crippen LogP contribution in [0.5, 0.6) is 11.5 Å². The van der Waals surface area contributed by atoms with Crippen molar-refractivity contribution in [2.45, 2.75) is 46.6 Å². The van der Waals surface area contributed by atoms with E-state index in [1.54, 1.807) is 5.38 Å². The molecule has 2 rings (SSSR count). The molecule has 170 valence electrons. The molecule has 11 heteroatoms. The number of carbonyl (C=O) groups excluding carboxylic acids is 2. The fourth-order valence-corrected chi connectivity index (χ4v) is 2.81. The van der Waals surface area contributed by atoms with Gasteiger partial charge in [-0.2, -0.15) is 0 Å². The van der Waals surface area contributed by atoms with E-state index < -0.39 is 12.3 Å². The maximum atomic E-state index is 12.3. The average molecular weight is 459 g/mol. The van der Waals surface area contributed by atoms with Crippen LogP contribution in [0.2, 0.25) is 0 Å². The van der Waals surface area contributed by atoms with Gasteiger partial charge in [-0.25, -0.2) is 4.98 Å². The highest BCUT2D eigenvalue weighted by Crippen LogP contribution is 2.24. The summed E-state index contributed by atoms with van der Waals surface area (Å²) in [4.78, 5) is 28.4. The Morgan fingerprint density at radius 1 is 1.13 bits per heavy atom. The number of rotatable bonds is 8. The smallest absolute Gasteiger partial charge is 0.484 e. The third-order valence-electron chi connectivity index (χ3n) is 4.30. The van der Waals surface area contributed by atoms with E-state index in [9.17, 15) is 22.8 Å². The predicted octanol–water partition coefficient (Wildman–Crippen LogP) is 3.90. The van der Waals surface area contributed by atoms with E-state index in [0.29, 0.717) is 5.01 Å². The first-order valence-electron chi connectivity index (χ1n) is 9.34. The van der Waals surface area contributed by atoms with Crippen LogP contribution in [0.25, 0.3) is 0 Å². The van der Waals surface area contributed by atoms with Gasteiger partial charge in [0.15, 0.2) is 6.61 Å². The summed E-state index contributed by atoms with van der Waals surface area (Å²) < 4.78 is 45.4. The molecule has 0 unspecified atom stereocenters. The lowest BCUT2D eigenvalue weighted by Gasteiger charge is -2.27. The minimum absolute atomic E-state index is 0.0453. The Morgan fingerprint density at radius 2 is 1.74 bits per heavy atom. The molecule has 0 aliphatic carbocycles. The zero-order valence-corrected chi connectivity index (χ0v) is 18.3. The van der Waals surface area contributed by atoms with Gasteiger partial charge in [0.1, 0.15) is 22.2 Å². The van der Waals surface area contributed by atoms with Crippen molar-refractivity contribution in [2.24, 2.45) is 5.41 Å². The van der Waals surface area contributed by atoms with Gasteiger partial charge >= 0.3 is 6.36 Å². The largest absolute Gasteiger partial charge is 0.573 e. The Labute approximate surface area is 182 Å². The number of ether oxygens (including phenoxy) is 2. The zero-order valence-electron chi connectivity index (χ0n) is 17.5. The molecule has 1 aromatic carbocycles. The minimum Gasteiger partial charge on any atom is -0.484 e. The van der Waals surface area contributed by atoms with E-state index in [1.807, 2.05) is 27.7 Å². The molecule has 1 atom stereocenters. The van der Waals surface area contributed by atoms with Crippen molar-refractivity contribution in [3.63, 3.8) is 0 Å². The highest BCUT2D eigenvalue weighted by atomic mass is 32.1. The van der Waals surface area contributed by atoms with E-state index in [2.05, 4.69) is 20.4 Å². The molecule has 1 heterocycles. The van der Waals surface area contributed by atoms with Gasteiger partial charge in [-0.3, -0.25) is 9.59 Å². The maximum absolute atomic E-state index is 12.3. The molecule has 0 fully saturated rings. The van der Waals surface area contributed by atoms with Crippen molar-refractivity contribution >= 4 is 23.2 Å². The number of amides is 2. The second-order valence-electron chi connectivity index (χ2n) is 7.77. The third kappa shape index (κ3) is 8.44. The van der Waals surface area contributed by atoms with Crippen LogP contribution in [0, 0.1) is 5.41 Å². The zero-order chi connectivity index (χ0) is 23.2. The quantitative estimate of drug-likeness (QED) is 0.625. The second kappa shape index (κ2) is 9.99. The van der Waals surface area contributed by atoms with Crippen LogP contribution >= 0.6 is 11.3 Å². The summed E-state index contributed by atoms with van der Waals surface area (Å²) in [5, 5.41) is 7.67. The topological polar surface area (TPSA) is 89.6 Å². The monoisotopic (exact) mass is 459 g/mol. The Morgan fingerprint density at radius 3 is 2.32 bits per heavy atom. The van der Waals surface area contributed by atoms with Crippen LogP contribution < -0.4 is 20.1 Å². The van der Waals surface area contributed by atoms with Crippen LogP contribution in [0.4, 0.5) is 13.2 Å². The number of nitrogens with one attached hydrogen (secondary N) is 2. The lowest BCUT2D eigenvalue weighted by atomic mass is 9.88. The summed E-state index contributed by atoms with van der Waals surface area (Å²) in [5.41, 5.74) is 0.191. The van der Waals surface area contributed by atoms with Gasteiger partial charge in [-0.15, -0.1) is 24.5 Å². The Hall–Kier alpha value is -2.82. The van der Waals surface area contributed by atoms with E-state index in [1.165, 1.54) is 23.5 Å². The fourth-order valence-electron chi connectivity index (χ4n) is 2.10. The van der Waals surface area contributed by atoms with Crippen LogP contribution in [-0.4, -0.2) is 35.8 Å². The maximum Gasteiger partial charge on any atom is 0.573 e. The van der Waals surface area contributed by atoms with Crippen molar-refractivity contribution < 1.29 is 32.2 Å². The average Bonchev–Trinajstić information content (AvgIpc) is 3.13. The first kappa shape index (κ1) is 24.4. The SMILES string of the molecule is C[C@H](NC(=O)c1csc(CNC(=O)COc2ccc(OC(F)(F)F)cc2)n1)C(C)(C)C. The lowest BCUT2D eigenvalue weighted by molar-refractivity contribution is -0.274. The van der Waals surface area contributed by atoms with Gasteiger partial charge in [0.05, 0.1) is 6.54 Å². The number of benzene rings is 1. The van der Waals surface area contributed by atoms with Crippen LogP contribution in [-0.2, 0) is 11.3 Å². The van der Waals surface area contributed by atoms with E-state index in [-0.39, 0.29) is 47.7 Å². The molecule has 0 aliphatic heterocycles. The van der Waals surface area contributed by atoms with Crippen molar-refractivity contribution in [2.75, 3.05) is 6.61 Å². The molecular formula is C20H24F3N3O4S. The Bertz CT molecular complexity index is 892. The molecule has 1 aromatic heterocycles. The molecule has 31 heavy (non-hydrogen) atoms. The highest BCUT2D eigenvalue weighted by Gasteiger charge is 2.31. The first-order valence-corrected chi connectivity index (χ1v) is 10.2. The number of halogens is 3. The van der Waals surface area contributed by atoms with Crippen LogP contribution in [0.15, 0.2) is 29.6 Å². The number of hydrogen-bond donors (Lipinski definition) is 2. The Balaban J connectivity index is 1.77. The molecule has 0 bridgehead atoms. The molecule has 0 saturated carbocycles. The van der Waals surface area contributed by atoms with Crippen molar-refractivity contribution in [3.8, 4) is 11.5 Å². The number of nitrogens with zero attached hydrogens (tertiary/aromatic N) is 1. The van der Waals surface area contributed by atoms with Gasteiger partial charge < -0.3 is 20.1 Å². The van der Waals surface area contributed by atoms with E-state index >= 15 is 0 Å². The predicted molar refractivity (Wildman–Crippen MR) is 109 cm³/mol. The number of thiazole rings is 1. The number of aromatic nitrogens is 1. The normalized spacial score (nSPS) is 12.7. The number of alkyl halides is 3. The minimum atomic E-state index is -4.77. The third-order valence-corrected chi connectivity index (χ3v) is 5.14. The van der Waals surface area contributed by atoms with Gasteiger partial charge in [-0.05, 0) is 36.6 Å². The van der Waals surface area contributed by atoms with Crippen molar-refractivity contribution in [1.82, 2.24) is 15.6 Å².